The second-order valence-corrected chi connectivity index (χ2v) is 11.5. The number of primary sulfonamides is 1. The van der Waals surface area contributed by atoms with E-state index in [9.17, 15) is 13.5 Å². The standard InChI is InChI=1S/C29H36N2O6S/c1-29(2)36-20-23-17-22(13-14-28(23)37-29)27(32)19-31-24-10-7-11-25(18-24)35-15-5-3-4-8-21-9-6-12-26(16-21)38(30,33)34/h6-7,9-14,16-18,27,31-32H,3-5,8,15,19-20H2,1-2H3,(H2,30,33,34)/t27-/m0/s1. The van der Waals surface area contributed by atoms with Gasteiger partial charge in [-0.25, -0.2) is 13.6 Å². The second kappa shape index (κ2) is 12.2. The molecule has 0 saturated carbocycles. The monoisotopic (exact) mass is 540 g/mol. The van der Waals surface area contributed by atoms with Gasteiger partial charge in [-0.1, -0.05) is 24.3 Å². The first-order valence-electron chi connectivity index (χ1n) is 12.8. The minimum Gasteiger partial charge on any atom is -0.494 e. The van der Waals surface area contributed by atoms with Crippen LogP contribution in [0.15, 0.2) is 71.6 Å². The van der Waals surface area contributed by atoms with Crippen molar-refractivity contribution in [2.75, 3.05) is 18.5 Å². The van der Waals surface area contributed by atoms with Crippen molar-refractivity contribution in [1.82, 2.24) is 0 Å². The summed E-state index contributed by atoms with van der Waals surface area (Å²) in [5.41, 5.74) is 3.54. The lowest BCUT2D eigenvalue weighted by Crippen LogP contribution is -2.35. The zero-order valence-electron chi connectivity index (χ0n) is 21.9. The topological polar surface area (TPSA) is 120 Å². The molecule has 0 bridgehead atoms. The molecule has 0 spiro atoms. The molecule has 0 fully saturated rings. The smallest absolute Gasteiger partial charge is 0.238 e. The first-order chi connectivity index (χ1) is 18.1. The highest BCUT2D eigenvalue weighted by molar-refractivity contribution is 7.89. The molecule has 38 heavy (non-hydrogen) atoms. The van der Waals surface area contributed by atoms with Gasteiger partial charge in [-0.05, 0) is 73.2 Å². The molecule has 0 unspecified atom stereocenters. The molecule has 4 rings (SSSR count). The van der Waals surface area contributed by atoms with E-state index in [0.717, 1.165) is 59.6 Å². The molecule has 1 atom stereocenters. The average Bonchev–Trinajstić information content (AvgIpc) is 2.88. The van der Waals surface area contributed by atoms with Crippen LogP contribution < -0.4 is 19.9 Å². The number of aryl methyl sites for hydroxylation is 1. The van der Waals surface area contributed by atoms with Crippen molar-refractivity contribution in [2.45, 2.75) is 62.9 Å². The SMILES string of the molecule is CC1(C)OCc2cc([C@@H](O)CNc3cccc(OCCCCCc4cccc(S(N)(=O)=O)c4)c3)ccc2O1. The maximum absolute atomic E-state index is 11.5. The van der Waals surface area contributed by atoms with E-state index in [1.807, 2.05) is 62.4 Å². The molecule has 0 radical (unpaired) electrons. The van der Waals surface area contributed by atoms with Gasteiger partial charge in [-0.15, -0.1) is 0 Å². The van der Waals surface area contributed by atoms with Gasteiger partial charge in [0.05, 0.1) is 24.2 Å². The number of hydrogen-bond acceptors (Lipinski definition) is 7. The minimum atomic E-state index is -3.68. The number of nitrogens with one attached hydrogen (secondary N) is 1. The Kier molecular flexibility index (Phi) is 8.94. The average molecular weight is 541 g/mol. The lowest BCUT2D eigenvalue weighted by atomic mass is 10.0. The van der Waals surface area contributed by atoms with Crippen molar-refractivity contribution in [2.24, 2.45) is 5.14 Å². The fourth-order valence-corrected chi connectivity index (χ4v) is 4.85. The van der Waals surface area contributed by atoms with Crippen LogP contribution in [-0.4, -0.2) is 32.5 Å². The number of aliphatic hydroxyl groups is 1. The molecule has 8 nitrogen and oxygen atoms in total. The number of rotatable bonds is 12. The van der Waals surface area contributed by atoms with Gasteiger partial charge in [0.25, 0.3) is 0 Å². The third-order valence-electron chi connectivity index (χ3n) is 6.34. The maximum Gasteiger partial charge on any atom is 0.238 e. The molecule has 9 heteroatoms. The van der Waals surface area contributed by atoms with Crippen LogP contribution in [-0.2, 0) is 27.8 Å². The van der Waals surface area contributed by atoms with Gasteiger partial charge in [0.1, 0.15) is 11.5 Å². The van der Waals surface area contributed by atoms with Crippen molar-refractivity contribution in [1.29, 1.82) is 0 Å². The fraction of sp³-hybridized carbons (Fsp3) is 0.379. The number of hydrogen-bond donors (Lipinski definition) is 3. The number of benzene rings is 3. The Labute approximate surface area is 224 Å². The van der Waals surface area contributed by atoms with Crippen molar-refractivity contribution < 1.29 is 27.7 Å². The molecule has 1 aliphatic rings. The van der Waals surface area contributed by atoms with Gasteiger partial charge in [0, 0.05) is 37.7 Å². The molecule has 3 aromatic carbocycles. The van der Waals surface area contributed by atoms with E-state index in [4.69, 9.17) is 19.3 Å². The lowest BCUT2D eigenvalue weighted by molar-refractivity contribution is -0.180. The Bertz CT molecular complexity index is 1340. The van der Waals surface area contributed by atoms with Gasteiger partial charge >= 0.3 is 0 Å². The number of aliphatic hydroxyl groups excluding tert-OH is 1. The van der Waals surface area contributed by atoms with E-state index in [-0.39, 0.29) is 4.90 Å². The third-order valence-corrected chi connectivity index (χ3v) is 7.25. The Hall–Kier alpha value is -3.11. The van der Waals surface area contributed by atoms with Crippen molar-refractivity contribution >= 4 is 15.7 Å². The molecule has 4 N–H and O–H groups in total. The number of unbranched alkanes of at least 4 members (excludes halogenated alkanes) is 2. The zero-order chi connectivity index (χ0) is 27.2. The molecule has 204 valence electrons. The van der Waals surface area contributed by atoms with Gasteiger partial charge in [-0.2, -0.15) is 0 Å². The molecule has 0 aliphatic carbocycles. The predicted molar refractivity (Wildman–Crippen MR) is 147 cm³/mol. The molecule has 0 amide bonds. The molecular formula is C29H36N2O6S. The van der Waals surface area contributed by atoms with Crippen LogP contribution in [0, 0.1) is 0 Å². The van der Waals surface area contributed by atoms with Crippen LogP contribution in [0.1, 0.15) is 55.9 Å². The van der Waals surface area contributed by atoms with E-state index in [1.165, 1.54) is 6.07 Å². The Balaban J connectivity index is 1.19. The zero-order valence-corrected chi connectivity index (χ0v) is 22.7. The van der Waals surface area contributed by atoms with Crippen LogP contribution in [0.25, 0.3) is 0 Å². The number of anilines is 1. The maximum atomic E-state index is 11.5. The summed E-state index contributed by atoms with van der Waals surface area (Å²) in [6, 6.07) is 20.1. The number of ether oxygens (including phenoxy) is 3. The van der Waals surface area contributed by atoms with Crippen LogP contribution in [0.3, 0.4) is 0 Å². The summed E-state index contributed by atoms with van der Waals surface area (Å²) < 4.78 is 40.4. The molecule has 1 heterocycles. The van der Waals surface area contributed by atoms with Crippen LogP contribution >= 0.6 is 0 Å². The van der Waals surface area contributed by atoms with Gasteiger partial charge in [0.2, 0.25) is 15.8 Å². The number of fused-ring (bicyclic) bond motifs is 1. The summed E-state index contributed by atoms with van der Waals surface area (Å²) in [4.78, 5) is 0.148. The molecule has 3 aromatic rings. The first-order valence-corrected chi connectivity index (χ1v) is 14.4. The third kappa shape index (κ3) is 7.94. The summed E-state index contributed by atoms with van der Waals surface area (Å²) in [7, 11) is -3.68. The summed E-state index contributed by atoms with van der Waals surface area (Å²) in [6.07, 6.45) is 2.86. The Morgan fingerprint density at radius 2 is 1.87 bits per heavy atom. The largest absolute Gasteiger partial charge is 0.494 e. The van der Waals surface area contributed by atoms with Gasteiger partial charge in [-0.3, -0.25) is 0 Å². The van der Waals surface area contributed by atoms with Crippen LogP contribution in [0.4, 0.5) is 5.69 Å². The quantitative estimate of drug-likeness (QED) is 0.279. The minimum absolute atomic E-state index is 0.148. The molecule has 0 saturated heterocycles. The lowest BCUT2D eigenvalue weighted by Gasteiger charge is -2.33. The van der Waals surface area contributed by atoms with Gasteiger partial charge < -0.3 is 24.6 Å². The normalized spacial score (nSPS) is 15.3. The van der Waals surface area contributed by atoms with Crippen molar-refractivity contribution in [3.05, 3.63) is 83.4 Å². The van der Waals surface area contributed by atoms with Crippen LogP contribution in [0.5, 0.6) is 11.5 Å². The van der Waals surface area contributed by atoms with E-state index in [1.54, 1.807) is 12.1 Å². The highest BCUT2D eigenvalue weighted by Gasteiger charge is 2.27. The Morgan fingerprint density at radius 3 is 2.68 bits per heavy atom. The van der Waals surface area contributed by atoms with Crippen LogP contribution in [0.2, 0.25) is 0 Å². The predicted octanol–water partition coefficient (Wildman–Crippen LogP) is 4.92. The summed E-state index contributed by atoms with van der Waals surface area (Å²) >= 11 is 0. The second-order valence-electron chi connectivity index (χ2n) is 9.93. The number of sulfonamides is 1. The summed E-state index contributed by atoms with van der Waals surface area (Å²) in [5.74, 6) is 0.897. The summed E-state index contributed by atoms with van der Waals surface area (Å²) in [6.45, 7) is 5.13. The van der Waals surface area contributed by atoms with E-state index < -0.39 is 21.9 Å². The highest BCUT2D eigenvalue weighted by atomic mass is 32.2. The first kappa shape index (κ1) is 27.9. The molecule has 0 aromatic heterocycles. The van der Waals surface area contributed by atoms with E-state index >= 15 is 0 Å². The van der Waals surface area contributed by atoms with E-state index in [0.29, 0.717) is 19.8 Å². The molecular weight excluding hydrogens is 504 g/mol. The summed E-state index contributed by atoms with van der Waals surface area (Å²) in [5, 5.41) is 19.2. The van der Waals surface area contributed by atoms with Crippen molar-refractivity contribution in [3.63, 3.8) is 0 Å². The number of nitrogens with two attached hydrogens (primary N) is 1. The van der Waals surface area contributed by atoms with E-state index in [2.05, 4.69) is 5.32 Å². The highest BCUT2D eigenvalue weighted by Crippen LogP contribution is 2.33. The molecule has 1 aliphatic heterocycles. The van der Waals surface area contributed by atoms with Gasteiger partial charge in [0.15, 0.2) is 0 Å². The fourth-order valence-electron chi connectivity index (χ4n) is 4.27. The Morgan fingerprint density at radius 1 is 1.05 bits per heavy atom. The van der Waals surface area contributed by atoms with Crippen molar-refractivity contribution in [3.8, 4) is 11.5 Å².